The molecule has 1 aliphatic heterocycles. The quantitative estimate of drug-likeness (QED) is 0.811. The highest BCUT2D eigenvalue weighted by atomic mass is 79.9. The van der Waals surface area contributed by atoms with Gasteiger partial charge in [-0.1, -0.05) is 0 Å². The number of anilines is 1. The number of nitrogens with zero attached hydrogens (tertiary/aromatic N) is 3. The van der Waals surface area contributed by atoms with Gasteiger partial charge >= 0.3 is 0 Å². The van der Waals surface area contributed by atoms with E-state index in [1.165, 1.54) is 6.26 Å². The zero-order valence-corrected chi connectivity index (χ0v) is 16.0. The van der Waals surface area contributed by atoms with Gasteiger partial charge in [0.1, 0.15) is 15.4 Å². The van der Waals surface area contributed by atoms with Gasteiger partial charge in [0.15, 0.2) is 0 Å². The summed E-state index contributed by atoms with van der Waals surface area (Å²) in [5.74, 6) is 0.235. The van der Waals surface area contributed by atoms with E-state index in [-0.39, 0.29) is 5.75 Å². The molecule has 3 rings (SSSR count). The minimum absolute atomic E-state index is 0.235. The fraction of sp³-hybridized carbons (Fsp3) is 0.500. The van der Waals surface area contributed by atoms with Crippen molar-refractivity contribution in [3.05, 3.63) is 29.0 Å². The molecule has 0 atom stereocenters. The summed E-state index contributed by atoms with van der Waals surface area (Å²) in [5.41, 5.74) is 2.74. The first-order valence-electron chi connectivity index (χ1n) is 7.97. The van der Waals surface area contributed by atoms with Crippen LogP contribution in [0, 0.1) is 0 Å². The first-order chi connectivity index (χ1) is 11.4. The summed E-state index contributed by atoms with van der Waals surface area (Å²) in [6.45, 7) is 2.45. The molecule has 0 radical (unpaired) electrons. The van der Waals surface area contributed by atoms with E-state index >= 15 is 0 Å². The Hall–Kier alpha value is -1.25. The highest BCUT2D eigenvalue weighted by Crippen LogP contribution is 2.24. The van der Waals surface area contributed by atoms with Crippen LogP contribution in [0.4, 0.5) is 5.69 Å². The Morgan fingerprint density at radius 3 is 2.79 bits per heavy atom. The van der Waals surface area contributed by atoms with Crippen molar-refractivity contribution in [2.24, 2.45) is 0 Å². The van der Waals surface area contributed by atoms with Gasteiger partial charge in [-0.05, 0) is 40.9 Å². The molecule has 0 saturated carbocycles. The van der Waals surface area contributed by atoms with Gasteiger partial charge in [-0.3, -0.25) is 9.97 Å². The molecule has 3 heterocycles. The topological polar surface area (TPSA) is 75.2 Å². The number of hydrogen-bond donors (Lipinski definition) is 1. The Morgan fingerprint density at radius 2 is 2.08 bits per heavy atom. The number of aromatic nitrogens is 2. The third-order valence-corrected chi connectivity index (χ3v) is 5.63. The van der Waals surface area contributed by atoms with Crippen molar-refractivity contribution in [2.75, 3.05) is 37.0 Å². The van der Waals surface area contributed by atoms with Crippen LogP contribution in [-0.4, -0.2) is 61.0 Å². The molecule has 6 nitrogen and oxygen atoms in total. The second-order valence-corrected chi connectivity index (χ2v) is 9.45. The molecule has 2 aromatic heterocycles. The van der Waals surface area contributed by atoms with Crippen molar-refractivity contribution in [1.82, 2.24) is 14.9 Å². The highest BCUT2D eigenvalue weighted by molar-refractivity contribution is 9.10. The number of rotatable bonds is 5. The number of nitrogens with one attached hydrogen (secondary N) is 1. The lowest BCUT2D eigenvalue weighted by Crippen LogP contribution is -2.41. The number of likely N-dealkylation sites (tertiary alicyclic amines) is 1. The Balaban J connectivity index is 1.60. The third-order valence-electron chi connectivity index (χ3n) is 4.27. The van der Waals surface area contributed by atoms with E-state index < -0.39 is 9.84 Å². The van der Waals surface area contributed by atoms with Gasteiger partial charge in [-0.25, -0.2) is 8.42 Å². The summed E-state index contributed by atoms with van der Waals surface area (Å²) in [7, 11) is -2.89. The Kier molecular flexibility index (Phi) is 5.36. The van der Waals surface area contributed by atoms with Crippen LogP contribution in [0.3, 0.4) is 0 Å². The third kappa shape index (κ3) is 4.64. The second-order valence-electron chi connectivity index (χ2n) is 6.27. The van der Waals surface area contributed by atoms with Crippen LogP contribution >= 0.6 is 15.9 Å². The number of pyridine rings is 2. The number of hydrogen-bond acceptors (Lipinski definition) is 6. The van der Waals surface area contributed by atoms with E-state index in [0.29, 0.717) is 12.6 Å². The summed E-state index contributed by atoms with van der Waals surface area (Å²) < 4.78 is 23.5. The SMILES string of the molecule is CS(=O)(=O)CCN1CCC(Nc2ccnc3cc(Br)cnc23)CC1. The van der Waals surface area contributed by atoms with Gasteiger partial charge in [0.25, 0.3) is 0 Å². The van der Waals surface area contributed by atoms with Crippen LogP contribution in [0.1, 0.15) is 12.8 Å². The Bertz CT molecular complexity index is 820. The zero-order valence-electron chi connectivity index (χ0n) is 13.6. The molecule has 8 heteroatoms. The molecule has 1 saturated heterocycles. The molecule has 1 N–H and O–H groups in total. The molecular formula is C16H21BrN4O2S. The Labute approximate surface area is 150 Å². The van der Waals surface area contributed by atoms with Crippen LogP contribution in [0.2, 0.25) is 0 Å². The fourth-order valence-electron chi connectivity index (χ4n) is 2.94. The number of fused-ring (bicyclic) bond motifs is 1. The maximum atomic E-state index is 11.3. The van der Waals surface area contributed by atoms with Gasteiger partial charge in [0.05, 0.1) is 17.0 Å². The molecule has 0 aromatic carbocycles. The van der Waals surface area contributed by atoms with Crippen molar-refractivity contribution in [2.45, 2.75) is 18.9 Å². The molecule has 1 fully saturated rings. The van der Waals surface area contributed by atoms with E-state index in [4.69, 9.17) is 0 Å². The van der Waals surface area contributed by atoms with E-state index in [9.17, 15) is 8.42 Å². The Morgan fingerprint density at radius 1 is 1.33 bits per heavy atom. The van der Waals surface area contributed by atoms with Crippen LogP contribution < -0.4 is 5.32 Å². The van der Waals surface area contributed by atoms with E-state index in [2.05, 4.69) is 36.1 Å². The highest BCUT2D eigenvalue weighted by Gasteiger charge is 2.20. The van der Waals surface area contributed by atoms with Crippen LogP contribution in [0.25, 0.3) is 11.0 Å². The molecule has 1 aliphatic rings. The zero-order chi connectivity index (χ0) is 17.2. The first kappa shape index (κ1) is 17.6. The van der Waals surface area contributed by atoms with Crippen LogP contribution in [0.15, 0.2) is 29.0 Å². The van der Waals surface area contributed by atoms with Crippen molar-refractivity contribution in [3.8, 4) is 0 Å². The molecule has 0 amide bonds. The van der Waals surface area contributed by atoms with Crippen molar-refractivity contribution in [3.63, 3.8) is 0 Å². The standard InChI is InChI=1S/C16H21BrN4O2S/c1-24(22,23)9-8-21-6-3-13(4-7-21)20-14-2-5-18-15-10-12(17)11-19-16(14)15/h2,5,10-11,13H,3-4,6-9H2,1H3,(H,18,20). The number of sulfone groups is 1. The molecule has 0 aliphatic carbocycles. The minimum atomic E-state index is -2.89. The predicted octanol–water partition coefficient (Wildman–Crippen LogP) is 2.31. The molecule has 130 valence electrons. The molecule has 0 spiro atoms. The molecule has 2 aromatic rings. The number of halogens is 1. The lowest BCUT2D eigenvalue weighted by Gasteiger charge is -2.32. The molecular weight excluding hydrogens is 392 g/mol. The average molecular weight is 413 g/mol. The molecule has 24 heavy (non-hydrogen) atoms. The minimum Gasteiger partial charge on any atom is -0.380 e. The van der Waals surface area contributed by atoms with Crippen LogP contribution in [-0.2, 0) is 9.84 Å². The van der Waals surface area contributed by atoms with E-state index in [1.807, 2.05) is 12.1 Å². The maximum absolute atomic E-state index is 11.3. The van der Waals surface area contributed by atoms with Crippen molar-refractivity contribution >= 4 is 42.5 Å². The van der Waals surface area contributed by atoms with Gasteiger partial charge in [-0.15, -0.1) is 0 Å². The predicted molar refractivity (Wildman–Crippen MR) is 100 cm³/mol. The molecule has 0 bridgehead atoms. The lowest BCUT2D eigenvalue weighted by molar-refractivity contribution is 0.230. The average Bonchev–Trinajstić information content (AvgIpc) is 2.53. The summed E-state index contributed by atoms with van der Waals surface area (Å²) in [6, 6.07) is 4.29. The first-order valence-corrected chi connectivity index (χ1v) is 10.8. The summed E-state index contributed by atoms with van der Waals surface area (Å²) in [5, 5.41) is 3.57. The van der Waals surface area contributed by atoms with Crippen LogP contribution in [0.5, 0.6) is 0 Å². The summed E-state index contributed by atoms with van der Waals surface area (Å²) >= 11 is 3.42. The normalized spacial score (nSPS) is 17.2. The largest absolute Gasteiger partial charge is 0.380 e. The van der Waals surface area contributed by atoms with Gasteiger partial charge < -0.3 is 10.2 Å². The lowest BCUT2D eigenvalue weighted by atomic mass is 10.0. The number of piperidine rings is 1. The fourth-order valence-corrected chi connectivity index (χ4v) is 3.85. The monoisotopic (exact) mass is 412 g/mol. The van der Waals surface area contributed by atoms with Crippen molar-refractivity contribution in [1.29, 1.82) is 0 Å². The summed E-state index contributed by atoms with van der Waals surface area (Å²) in [4.78, 5) is 11.0. The van der Waals surface area contributed by atoms with E-state index in [1.54, 1.807) is 12.4 Å². The second kappa shape index (κ2) is 7.33. The van der Waals surface area contributed by atoms with Crippen molar-refractivity contribution < 1.29 is 8.42 Å². The summed E-state index contributed by atoms with van der Waals surface area (Å²) in [6.07, 6.45) is 6.85. The van der Waals surface area contributed by atoms with Gasteiger partial charge in [-0.2, -0.15) is 0 Å². The van der Waals surface area contributed by atoms with Gasteiger partial charge in [0.2, 0.25) is 0 Å². The molecule has 0 unspecified atom stereocenters. The smallest absolute Gasteiger partial charge is 0.148 e. The van der Waals surface area contributed by atoms with E-state index in [0.717, 1.165) is 47.1 Å². The maximum Gasteiger partial charge on any atom is 0.148 e. The van der Waals surface area contributed by atoms with Gasteiger partial charge in [0, 0.05) is 48.8 Å².